The second-order valence-corrected chi connectivity index (χ2v) is 10.8. The number of carbonyl (C=O) groups is 2. The van der Waals surface area contributed by atoms with Crippen molar-refractivity contribution >= 4 is 23.6 Å². The number of hydrogen-bond acceptors (Lipinski definition) is 3. The molecule has 0 unspecified atom stereocenters. The van der Waals surface area contributed by atoms with E-state index in [4.69, 9.17) is 0 Å². The number of nitrogens with zero attached hydrogens (tertiary/aromatic N) is 1. The molecule has 0 aromatic heterocycles. The van der Waals surface area contributed by atoms with Crippen LogP contribution in [0, 0.1) is 6.92 Å². The van der Waals surface area contributed by atoms with Crippen molar-refractivity contribution in [3.05, 3.63) is 102 Å². The van der Waals surface area contributed by atoms with Crippen molar-refractivity contribution in [2.75, 3.05) is 5.75 Å². The van der Waals surface area contributed by atoms with Crippen molar-refractivity contribution in [1.29, 1.82) is 0 Å². The molecule has 188 valence electrons. The van der Waals surface area contributed by atoms with Gasteiger partial charge >= 0.3 is 0 Å². The molecule has 0 aliphatic heterocycles. The fourth-order valence-electron chi connectivity index (χ4n) is 4.74. The Kier molecular flexibility index (Phi) is 9.62. The Bertz CT molecular complexity index is 1100. The number of carbonyl (C=O) groups excluding carboxylic acids is 2. The molecular weight excluding hydrogens is 464 g/mol. The smallest absolute Gasteiger partial charge is 0.243 e. The first-order chi connectivity index (χ1) is 17.6. The third-order valence-corrected chi connectivity index (χ3v) is 7.79. The summed E-state index contributed by atoms with van der Waals surface area (Å²) in [5.74, 6) is 0.650. The van der Waals surface area contributed by atoms with Gasteiger partial charge < -0.3 is 10.2 Å². The summed E-state index contributed by atoms with van der Waals surface area (Å²) >= 11 is 1.68. The van der Waals surface area contributed by atoms with E-state index in [2.05, 4.69) is 36.5 Å². The molecule has 1 aliphatic rings. The molecule has 1 N–H and O–H groups in total. The van der Waals surface area contributed by atoms with E-state index in [1.807, 2.05) is 65.6 Å². The van der Waals surface area contributed by atoms with Crippen LogP contribution in [0.5, 0.6) is 0 Å². The largest absolute Gasteiger partial charge is 0.352 e. The van der Waals surface area contributed by atoms with E-state index in [0.717, 1.165) is 41.7 Å². The van der Waals surface area contributed by atoms with E-state index in [-0.39, 0.29) is 17.9 Å². The predicted molar refractivity (Wildman–Crippen MR) is 148 cm³/mol. The van der Waals surface area contributed by atoms with Gasteiger partial charge in [-0.2, -0.15) is 0 Å². The zero-order valence-corrected chi connectivity index (χ0v) is 21.9. The van der Waals surface area contributed by atoms with Gasteiger partial charge in [0.05, 0.1) is 0 Å². The lowest BCUT2D eigenvalue weighted by Crippen LogP contribution is -2.52. The van der Waals surface area contributed by atoms with Gasteiger partial charge in [-0.05, 0) is 43.0 Å². The van der Waals surface area contributed by atoms with E-state index in [1.54, 1.807) is 11.8 Å². The Balaban J connectivity index is 1.53. The van der Waals surface area contributed by atoms with Gasteiger partial charge in [-0.15, -0.1) is 11.8 Å². The molecule has 1 aliphatic carbocycles. The second kappa shape index (κ2) is 13.3. The van der Waals surface area contributed by atoms with Crippen molar-refractivity contribution in [2.24, 2.45) is 0 Å². The van der Waals surface area contributed by atoms with Crippen LogP contribution in [0.25, 0.3) is 0 Å². The topological polar surface area (TPSA) is 49.4 Å². The Labute approximate surface area is 219 Å². The molecule has 0 bridgehead atoms. The van der Waals surface area contributed by atoms with E-state index >= 15 is 0 Å². The molecule has 36 heavy (non-hydrogen) atoms. The Hall–Kier alpha value is -3.05. The lowest BCUT2D eigenvalue weighted by molar-refractivity contribution is -0.141. The Morgan fingerprint density at radius 3 is 2.14 bits per heavy atom. The molecule has 5 heteroatoms. The van der Waals surface area contributed by atoms with Crippen molar-refractivity contribution in [1.82, 2.24) is 10.2 Å². The molecule has 0 saturated heterocycles. The molecule has 0 heterocycles. The molecule has 0 spiro atoms. The number of benzene rings is 3. The number of aryl methyl sites for hydroxylation is 1. The van der Waals surface area contributed by atoms with E-state index in [9.17, 15) is 9.59 Å². The highest BCUT2D eigenvalue weighted by atomic mass is 32.2. The first-order valence-corrected chi connectivity index (χ1v) is 13.9. The average molecular weight is 501 g/mol. The highest BCUT2D eigenvalue weighted by Crippen LogP contribution is 2.23. The number of hydrogen-bond donors (Lipinski definition) is 1. The summed E-state index contributed by atoms with van der Waals surface area (Å²) in [4.78, 5) is 30.3. The van der Waals surface area contributed by atoms with Crippen LogP contribution in [0.1, 0.15) is 48.8 Å². The number of rotatable bonds is 11. The standard InChI is InChI=1S/C31H36N2O2S/c1-24-16-18-28(19-17-24)36-21-20-30(34)33(23-26-12-6-3-7-13-26)29(22-25-10-4-2-5-11-25)31(35)32-27-14-8-9-15-27/h2-7,10-13,16-19,27,29H,8-9,14-15,20-23H2,1H3,(H,32,35)/t29-/m1/s1. The predicted octanol–water partition coefficient (Wildman–Crippen LogP) is 6.18. The summed E-state index contributed by atoms with van der Waals surface area (Å²) in [6.45, 7) is 2.49. The van der Waals surface area contributed by atoms with Gasteiger partial charge in [-0.3, -0.25) is 9.59 Å². The second-order valence-electron chi connectivity index (χ2n) is 9.61. The molecule has 3 aromatic carbocycles. The zero-order valence-electron chi connectivity index (χ0n) is 21.1. The van der Waals surface area contributed by atoms with Crippen LogP contribution < -0.4 is 5.32 Å². The minimum Gasteiger partial charge on any atom is -0.352 e. The van der Waals surface area contributed by atoms with Gasteiger partial charge in [0.1, 0.15) is 6.04 Å². The van der Waals surface area contributed by atoms with Gasteiger partial charge in [-0.25, -0.2) is 0 Å². The summed E-state index contributed by atoms with van der Waals surface area (Å²) in [7, 11) is 0. The number of amides is 2. The fourth-order valence-corrected chi connectivity index (χ4v) is 5.58. The lowest BCUT2D eigenvalue weighted by atomic mass is 10.0. The minimum absolute atomic E-state index is 0.0148. The maximum atomic E-state index is 13.7. The van der Waals surface area contributed by atoms with Gasteiger partial charge in [-0.1, -0.05) is 91.2 Å². The molecule has 0 radical (unpaired) electrons. The van der Waals surface area contributed by atoms with Crippen molar-refractivity contribution in [3.8, 4) is 0 Å². The average Bonchev–Trinajstić information content (AvgIpc) is 3.41. The van der Waals surface area contributed by atoms with Gasteiger partial charge in [0.15, 0.2) is 0 Å². The van der Waals surface area contributed by atoms with E-state index in [1.165, 1.54) is 5.56 Å². The lowest BCUT2D eigenvalue weighted by Gasteiger charge is -2.32. The van der Waals surface area contributed by atoms with Crippen LogP contribution in [0.2, 0.25) is 0 Å². The van der Waals surface area contributed by atoms with Gasteiger partial charge in [0.25, 0.3) is 0 Å². The Morgan fingerprint density at radius 2 is 1.50 bits per heavy atom. The van der Waals surface area contributed by atoms with Crippen LogP contribution in [0.15, 0.2) is 89.8 Å². The highest BCUT2D eigenvalue weighted by Gasteiger charge is 2.31. The first-order valence-electron chi connectivity index (χ1n) is 13.0. The van der Waals surface area contributed by atoms with E-state index in [0.29, 0.717) is 25.1 Å². The molecule has 1 saturated carbocycles. The summed E-state index contributed by atoms with van der Waals surface area (Å²) in [5.41, 5.74) is 3.31. The van der Waals surface area contributed by atoms with Crippen molar-refractivity contribution in [3.63, 3.8) is 0 Å². The van der Waals surface area contributed by atoms with Gasteiger partial charge in [0, 0.05) is 36.1 Å². The first kappa shape index (κ1) is 26.0. The summed E-state index contributed by atoms with van der Waals surface area (Å²) < 4.78 is 0. The molecule has 4 rings (SSSR count). The maximum Gasteiger partial charge on any atom is 0.243 e. The minimum atomic E-state index is -0.551. The number of nitrogens with one attached hydrogen (secondary N) is 1. The molecule has 1 atom stereocenters. The quantitative estimate of drug-likeness (QED) is 0.320. The third kappa shape index (κ3) is 7.72. The van der Waals surface area contributed by atoms with E-state index < -0.39 is 6.04 Å². The fraction of sp³-hybridized carbons (Fsp3) is 0.355. The Morgan fingerprint density at radius 1 is 0.889 bits per heavy atom. The van der Waals surface area contributed by atoms with Crippen LogP contribution >= 0.6 is 11.8 Å². The summed E-state index contributed by atoms with van der Waals surface area (Å²) in [6.07, 6.45) is 5.22. The molecular formula is C31H36N2O2S. The molecule has 3 aromatic rings. The van der Waals surface area contributed by atoms with Gasteiger partial charge in [0.2, 0.25) is 11.8 Å². The summed E-state index contributed by atoms with van der Waals surface area (Å²) in [6, 6.07) is 28.1. The maximum absolute atomic E-state index is 13.7. The summed E-state index contributed by atoms with van der Waals surface area (Å²) in [5, 5.41) is 3.27. The van der Waals surface area contributed by atoms with Crippen LogP contribution in [0.3, 0.4) is 0 Å². The SMILES string of the molecule is Cc1ccc(SCCC(=O)N(Cc2ccccc2)[C@H](Cc2ccccc2)C(=O)NC2CCCC2)cc1. The molecule has 1 fully saturated rings. The van der Waals surface area contributed by atoms with Crippen LogP contribution in [-0.4, -0.2) is 34.6 Å². The number of thioether (sulfide) groups is 1. The van der Waals surface area contributed by atoms with Crippen molar-refractivity contribution in [2.45, 2.75) is 69.0 Å². The van der Waals surface area contributed by atoms with Crippen LogP contribution in [-0.2, 0) is 22.6 Å². The van der Waals surface area contributed by atoms with Crippen molar-refractivity contribution < 1.29 is 9.59 Å². The molecule has 4 nitrogen and oxygen atoms in total. The highest BCUT2D eigenvalue weighted by molar-refractivity contribution is 7.99. The monoisotopic (exact) mass is 500 g/mol. The van der Waals surface area contributed by atoms with Crippen LogP contribution in [0.4, 0.5) is 0 Å². The normalized spacial score (nSPS) is 14.4. The molecule has 2 amide bonds. The third-order valence-electron chi connectivity index (χ3n) is 6.77. The zero-order chi connectivity index (χ0) is 25.2.